The fraction of sp³-hybridized carbons (Fsp3) is 0.133. The molecule has 0 fully saturated rings. The molecule has 5 nitrogen and oxygen atoms in total. The van der Waals surface area contributed by atoms with E-state index in [9.17, 15) is 5.11 Å². The van der Waals surface area contributed by atoms with Crippen LogP contribution in [0, 0.1) is 13.8 Å². The maximum atomic E-state index is 9.69. The molecule has 0 amide bonds. The Kier molecular flexibility index (Phi) is 2.95. The molecule has 0 radical (unpaired) electrons. The molecule has 0 unspecified atom stereocenters. The van der Waals surface area contributed by atoms with E-state index >= 15 is 0 Å². The number of phenols is 1. The molecule has 5 heteroatoms. The van der Waals surface area contributed by atoms with Gasteiger partial charge in [0.25, 0.3) is 0 Å². The minimum absolute atomic E-state index is 0.110. The van der Waals surface area contributed by atoms with E-state index in [1.807, 2.05) is 36.6 Å². The number of pyridine rings is 1. The van der Waals surface area contributed by atoms with Crippen LogP contribution in [-0.4, -0.2) is 14.5 Å². The molecule has 0 saturated heterocycles. The zero-order valence-electron chi connectivity index (χ0n) is 11.3. The van der Waals surface area contributed by atoms with Crippen LogP contribution in [0.2, 0.25) is 0 Å². The topological polar surface area (TPSA) is 62.2 Å². The van der Waals surface area contributed by atoms with E-state index in [1.54, 1.807) is 24.3 Å². The average Bonchev–Trinajstić information content (AvgIpc) is 2.76. The predicted octanol–water partition coefficient (Wildman–Crippen LogP) is 4.07. The lowest BCUT2D eigenvalue weighted by molar-refractivity contribution is 0.476. The first-order valence-electron chi connectivity index (χ1n) is 6.31. The monoisotopic (exact) mass is 266 g/mol. The molecule has 2 aromatic heterocycles. The van der Waals surface area contributed by atoms with Gasteiger partial charge in [-0.25, -0.2) is 4.98 Å². The molecule has 1 N–H and O–H groups in total. The summed E-state index contributed by atoms with van der Waals surface area (Å²) in [6.07, 6.45) is 1.90. The van der Waals surface area contributed by atoms with Gasteiger partial charge in [-0.15, -0.1) is 10.2 Å². The number of hydrogen-bond donors (Lipinski definition) is 1. The summed E-state index contributed by atoms with van der Waals surface area (Å²) < 4.78 is 1.90. The Morgan fingerprint density at radius 2 is 1.85 bits per heavy atom. The maximum absolute atomic E-state index is 9.69. The van der Waals surface area contributed by atoms with Crippen LogP contribution in [-0.2, 0) is 0 Å². The Morgan fingerprint density at radius 1 is 1.05 bits per heavy atom. The van der Waals surface area contributed by atoms with Gasteiger partial charge in [0.15, 0.2) is 5.82 Å². The molecule has 0 atom stereocenters. The van der Waals surface area contributed by atoms with Crippen LogP contribution in [0.5, 0.6) is 5.75 Å². The lowest BCUT2D eigenvalue weighted by Crippen LogP contribution is -1.85. The fourth-order valence-corrected chi connectivity index (χ4v) is 2.08. The summed E-state index contributed by atoms with van der Waals surface area (Å²) in [5.74, 6) is 0.783. The van der Waals surface area contributed by atoms with E-state index in [-0.39, 0.29) is 5.75 Å². The summed E-state index contributed by atoms with van der Waals surface area (Å²) in [5.41, 5.74) is 3.20. The molecule has 2 heterocycles. The smallest absolute Gasteiger partial charge is 0.182 e. The molecule has 0 aliphatic rings. The summed E-state index contributed by atoms with van der Waals surface area (Å²) >= 11 is 0. The van der Waals surface area contributed by atoms with Gasteiger partial charge in [0.2, 0.25) is 0 Å². The largest absolute Gasteiger partial charge is 0.506 e. The van der Waals surface area contributed by atoms with Crippen molar-refractivity contribution in [2.45, 2.75) is 13.8 Å². The van der Waals surface area contributed by atoms with Crippen LogP contribution in [0.4, 0.5) is 11.5 Å². The third-order valence-corrected chi connectivity index (χ3v) is 3.12. The molecule has 0 aliphatic heterocycles. The van der Waals surface area contributed by atoms with Crippen molar-refractivity contribution >= 4 is 17.2 Å². The maximum Gasteiger partial charge on any atom is 0.182 e. The van der Waals surface area contributed by atoms with Crippen LogP contribution < -0.4 is 0 Å². The number of phenolic OH excluding ortho intramolecular Hbond substituents is 1. The highest BCUT2D eigenvalue weighted by molar-refractivity contribution is 5.56. The molecular weight excluding hydrogens is 252 g/mol. The number of benzene rings is 1. The molecule has 0 bridgehead atoms. The Labute approximate surface area is 116 Å². The molecule has 3 aromatic rings. The first kappa shape index (κ1) is 12.3. The number of nitrogens with zero attached hydrogens (tertiary/aromatic N) is 4. The lowest BCUT2D eigenvalue weighted by atomic mass is 10.3. The molecule has 0 saturated carbocycles. The Morgan fingerprint density at radius 3 is 2.65 bits per heavy atom. The van der Waals surface area contributed by atoms with E-state index in [2.05, 4.69) is 15.2 Å². The highest BCUT2D eigenvalue weighted by atomic mass is 16.3. The number of imidazole rings is 1. The van der Waals surface area contributed by atoms with Crippen LogP contribution in [0.15, 0.2) is 52.8 Å². The molecule has 0 spiro atoms. The Bertz CT molecular complexity index is 805. The SMILES string of the molecule is Cc1nc2c(C)cccn2c1N=Nc1ccccc1O. The van der Waals surface area contributed by atoms with Crippen molar-refractivity contribution in [1.29, 1.82) is 0 Å². The number of aryl methyl sites for hydroxylation is 2. The molecular formula is C15H14N4O. The van der Waals surface area contributed by atoms with Crippen molar-refractivity contribution in [1.82, 2.24) is 9.38 Å². The number of aromatic hydroxyl groups is 1. The van der Waals surface area contributed by atoms with Gasteiger partial charge >= 0.3 is 0 Å². The second kappa shape index (κ2) is 4.77. The van der Waals surface area contributed by atoms with E-state index in [1.165, 1.54) is 0 Å². The van der Waals surface area contributed by atoms with E-state index < -0.39 is 0 Å². The van der Waals surface area contributed by atoms with Crippen molar-refractivity contribution in [2.75, 3.05) is 0 Å². The molecule has 3 rings (SSSR count). The van der Waals surface area contributed by atoms with Crippen molar-refractivity contribution < 1.29 is 5.11 Å². The van der Waals surface area contributed by atoms with Gasteiger partial charge < -0.3 is 5.11 Å². The van der Waals surface area contributed by atoms with Crippen LogP contribution in [0.25, 0.3) is 5.65 Å². The van der Waals surface area contributed by atoms with Gasteiger partial charge in [-0.1, -0.05) is 18.2 Å². The van der Waals surface area contributed by atoms with Crippen molar-refractivity contribution in [3.8, 4) is 5.75 Å². The van der Waals surface area contributed by atoms with Crippen molar-refractivity contribution in [3.63, 3.8) is 0 Å². The minimum Gasteiger partial charge on any atom is -0.506 e. The van der Waals surface area contributed by atoms with E-state index in [0.717, 1.165) is 16.9 Å². The van der Waals surface area contributed by atoms with Crippen LogP contribution in [0.3, 0.4) is 0 Å². The van der Waals surface area contributed by atoms with Gasteiger partial charge in [0, 0.05) is 6.20 Å². The average molecular weight is 266 g/mol. The Hall–Kier alpha value is -2.69. The van der Waals surface area contributed by atoms with Gasteiger partial charge in [-0.2, -0.15) is 0 Å². The summed E-state index contributed by atoms with van der Waals surface area (Å²) in [6.45, 7) is 3.90. The number of fused-ring (bicyclic) bond motifs is 1. The first-order chi connectivity index (χ1) is 9.66. The minimum atomic E-state index is 0.110. The lowest BCUT2D eigenvalue weighted by Gasteiger charge is -1.99. The van der Waals surface area contributed by atoms with Gasteiger partial charge in [0.1, 0.15) is 17.1 Å². The zero-order valence-corrected chi connectivity index (χ0v) is 11.3. The fourth-order valence-electron chi connectivity index (χ4n) is 2.08. The second-order valence-electron chi connectivity index (χ2n) is 4.59. The molecule has 1 aromatic carbocycles. The highest BCUT2D eigenvalue weighted by Gasteiger charge is 2.09. The number of rotatable bonds is 2. The van der Waals surface area contributed by atoms with Crippen molar-refractivity contribution in [3.05, 3.63) is 53.9 Å². The van der Waals surface area contributed by atoms with Crippen molar-refractivity contribution in [2.24, 2.45) is 10.2 Å². The second-order valence-corrected chi connectivity index (χ2v) is 4.59. The normalized spacial score (nSPS) is 11.5. The Balaban J connectivity index is 2.10. The quantitative estimate of drug-likeness (QED) is 0.710. The summed E-state index contributed by atoms with van der Waals surface area (Å²) in [5, 5.41) is 18.0. The van der Waals surface area contributed by atoms with E-state index in [0.29, 0.717) is 11.5 Å². The van der Waals surface area contributed by atoms with Crippen LogP contribution >= 0.6 is 0 Å². The van der Waals surface area contributed by atoms with Gasteiger partial charge in [-0.05, 0) is 37.6 Å². The van der Waals surface area contributed by atoms with Gasteiger partial charge in [0.05, 0.1) is 5.69 Å². The standard InChI is InChI=1S/C15H14N4O/c1-10-6-5-9-19-14(10)16-11(2)15(19)18-17-12-7-3-4-8-13(12)20/h3-9,20H,1-2H3. The summed E-state index contributed by atoms with van der Waals surface area (Å²) in [4.78, 5) is 4.49. The first-order valence-corrected chi connectivity index (χ1v) is 6.31. The molecule has 20 heavy (non-hydrogen) atoms. The third kappa shape index (κ3) is 2.03. The van der Waals surface area contributed by atoms with E-state index in [4.69, 9.17) is 0 Å². The highest BCUT2D eigenvalue weighted by Crippen LogP contribution is 2.29. The van der Waals surface area contributed by atoms with Gasteiger partial charge in [-0.3, -0.25) is 4.40 Å². The molecule has 0 aliphatic carbocycles. The number of aromatic nitrogens is 2. The molecule has 100 valence electrons. The number of para-hydroxylation sites is 1. The predicted molar refractivity (Wildman–Crippen MR) is 76.9 cm³/mol. The van der Waals surface area contributed by atoms with Crippen LogP contribution in [0.1, 0.15) is 11.3 Å². The number of azo groups is 1. The summed E-state index contributed by atoms with van der Waals surface area (Å²) in [6, 6.07) is 10.8. The number of hydrogen-bond acceptors (Lipinski definition) is 4. The third-order valence-electron chi connectivity index (χ3n) is 3.12. The zero-order chi connectivity index (χ0) is 14.1. The summed E-state index contributed by atoms with van der Waals surface area (Å²) in [7, 11) is 0.